The maximum Gasteiger partial charge on any atom is 0.344 e. The summed E-state index contributed by atoms with van der Waals surface area (Å²) in [4.78, 5) is 16.5. The molecule has 0 unspecified atom stereocenters. The van der Waals surface area contributed by atoms with Gasteiger partial charge in [0.15, 0.2) is 0 Å². The standard InChI is InChI=1S/C13H23N3O/c1-13(2,3)16(12(17)9-15-14)10-11-7-5-4-6-8-11/h9,11H,4-8,10H2,1-3H3. The van der Waals surface area contributed by atoms with Crippen molar-refractivity contribution in [1.29, 1.82) is 0 Å². The van der Waals surface area contributed by atoms with E-state index >= 15 is 0 Å². The van der Waals surface area contributed by atoms with Crippen molar-refractivity contribution in [3.8, 4) is 0 Å². The molecule has 0 radical (unpaired) electrons. The van der Waals surface area contributed by atoms with Gasteiger partial charge in [0.05, 0.1) is 0 Å². The van der Waals surface area contributed by atoms with Crippen LogP contribution in [0.3, 0.4) is 0 Å². The van der Waals surface area contributed by atoms with Crippen LogP contribution in [0.2, 0.25) is 0 Å². The molecule has 4 nitrogen and oxygen atoms in total. The molecule has 0 aliphatic heterocycles. The van der Waals surface area contributed by atoms with Gasteiger partial charge < -0.3 is 10.4 Å². The molecule has 96 valence electrons. The van der Waals surface area contributed by atoms with Gasteiger partial charge in [-0.3, -0.25) is 4.79 Å². The first-order chi connectivity index (χ1) is 7.95. The van der Waals surface area contributed by atoms with E-state index in [-0.39, 0.29) is 11.4 Å². The highest BCUT2D eigenvalue weighted by atomic mass is 16.2. The molecule has 1 fully saturated rings. The average molecular weight is 237 g/mol. The highest BCUT2D eigenvalue weighted by molar-refractivity contribution is 6.24. The lowest BCUT2D eigenvalue weighted by molar-refractivity contribution is -0.132. The van der Waals surface area contributed by atoms with Gasteiger partial charge in [-0.2, -0.15) is 4.79 Å². The Labute approximate surface area is 104 Å². The molecule has 1 amide bonds. The molecule has 0 heterocycles. The summed E-state index contributed by atoms with van der Waals surface area (Å²) in [5, 5.41) is 0. The van der Waals surface area contributed by atoms with Crippen LogP contribution < -0.4 is 0 Å². The van der Waals surface area contributed by atoms with Crippen LogP contribution in [0.4, 0.5) is 0 Å². The normalized spacial score (nSPS) is 17.4. The van der Waals surface area contributed by atoms with Crippen molar-refractivity contribution in [2.24, 2.45) is 5.92 Å². The number of hydrogen-bond acceptors (Lipinski definition) is 1. The molecule has 1 aliphatic carbocycles. The maximum atomic E-state index is 11.9. The monoisotopic (exact) mass is 237 g/mol. The van der Waals surface area contributed by atoms with Gasteiger partial charge in [-0.1, -0.05) is 19.3 Å². The quantitative estimate of drug-likeness (QED) is 0.422. The molecule has 0 N–H and O–H groups in total. The SMILES string of the molecule is CC(C)(C)N(CC1CCCCC1)C(=O)C=[N+]=[N-]. The first-order valence-electron chi connectivity index (χ1n) is 6.44. The fourth-order valence-corrected chi connectivity index (χ4v) is 2.44. The Hall–Kier alpha value is -1.15. The Bertz CT molecular complexity index is 307. The summed E-state index contributed by atoms with van der Waals surface area (Å²) in [6, 6.07) is 0. The molecule has 0 atom stereocenters. The Morgan fingerprint density at radius 3 is 2.41 bits per heavy atom. The minimum atomic E-state index is -0.226. The third-order valence-electron chi connectivity index (χ3n) is 3.41. The van der Waals surface area contributed by atoms with Crippen LogP contribution in [0.1, 0.15) is 52.9 Å². The lowest BCUT2D eigenvalue weighted by Gasteiger charge is -2.37. The average Bonchev–Trinajstić information content (AvgIpc) is 2.26. The molecule has 0 spiro atoms. The van der Waals surface area contributed by atoms with Crippen molar-refractivity contribution in [3.05, 3.63) is 5.53 Å². The van der Waals surface area contributed by atoms with E-state index in [0.29, 0.717) is 5.92 Å². The molecular formula is C13H23N3O. The fourth-order valence-electron chi connectivity index (χ4n) is 2.44. The molecule has 1 rings (SSSR count). The van der Waals surface area contributed by atoms with E-state index in [0.717, 1.165) is 12.8 Å². The third kappa shape index (κ3) is 4.31. The van der Waals surface area contributed by atoms with Crippen molar-refractivity contribution in [2.75, 3.05) is 6.54 Å². The van der Waals surface area contributed by atoms with E-state index in [1.54, 1.807) is 0 Å². The summed E-state index contributed by atoms with van der Waals surface area (Å²) in [6.45, 7) is 6.81. The molecule has 0 aromatic heterocycles. The molecule has 0 bridgehead atoms. The number of nitrogens with zero attached hydrogens (tertiary/aromatic N) is 3. The van der Waals surface area contributed by atoms with Gasteiger partial charge in [0.2, 0.25) is 0 Å². The Balaban J connectivity index is 2.69. The number of amides is 1. The summed E-state index contributed by atoms with van der Waals surface area (Å²) in [6.07, 6.45) is 7.26. The molecule has 0 aromatic rings. The number of hydrogen-bond donors (Lipinski definition) is 0. The van der Waals surface area contributed by atoms with Gasteiger partial charge >= 0.3 is 12.1 Å². The highest BCUT2D eigenvalue weighted by Crippen LogP contribution is 2.26. The van der Waals surface area contributed by atoms with E-state index in [1.807, 2.05) is 25.7 Å². The fraction of sp³-hybridized carbons (Fsp3) is 0.846. The summed E-state index contributed by atoms with van der Waals surface area (Å²) in [5.41, 5.74) is 8.25. The van der Waals surface area contributed by atoms with Crippen LogP contribution in [0.25, 0.3) is 5.53 Å². The highest BCUT2D eigenvalue weighted by Gasteiger charge is 2.30. The third-order valence-corrected chi connectivity index (χ3v) is 3.41. The number of rotatable bonds is 3. The van der Waals surface area contributed by atoms with E-state index < -0.39 is 0 Å². The van der Waals surface area contributed by atoms with Crippen LogP contribution in [0, 0.1) is 5.92 Å². The Morgan fingerprint density at radius 1 is 1.35 bits per heavy atom. The number of carbonyl (C=O) groups excluding carboxylic acids is 1. The van der Waals surface area contributed by atoms with Crippen molar-refractivity contribution in [1.82, 2.24) is 4.90 Å². The second kappa shape index (κ2) is 5.97. The summed E-state index contributed by atoms with van der Waals surface area (Å²) < 4.78 is 0. The zero-order chi connectivity index (χ0) is 12.9. The van der Waals surface area contributed by atoms with Gasteiger partial charge in [-0.25, -0.2) is 0 Å². The minimum Gasteiger partial charge on any atom is -0.361 e. The van der Waals surface area contributed by atoms with Crippen LogP contribution in [-0.2, 0) is 4.79 Å². The van der Waals surface area contributed by atoms with Crippen LogP contribution in [0.15, 0.2) is 0 Å². The van der Waals surface area contributed by atoms with Gasteiger partial charge in [-0.15, -0.1) is 0 Å². The summed E-state index contributed by atoms with van der Waals surface area (Å²) >= 11 is 0. The first kappa shape index (κ1) is 13.9. The van der Waals surface area contributed by atoms with Gasteiger partial charge in [0.25, 0.3) is 0 Å². The van der Waals surface area contributed by atoms with Crippen molar-refractivity contribution < 1.29 is 9.58 Å². The largest absolute Gasteiger partial charge is 0.361 e. The van der Waals surface area contributed by atoms with E-state index in [9.17, 15) is 4.79 Å². The summed E-state index contributed by atoms with van der Waals surface area (Å²) in [7, 11) is 0. The molecule has 4 heteroatoms. The predicted octanol–water partition coefficient (Wildman–Crippen LogP) is 2.49. The van der Waals surface area contributed by atoms with Crippen LogP contribution >= 0.6 is 0 Å². The van der Waals surface area contributed by atoms with E-state index in [2.05, 4.69) is 4.79 Å². The number of carbonyl (C=O) groups is 1. The zero-order valence-electron chi connectivity index (χ0n) is 11.1. The first-order valence-corrected chi connectivity index (χ1v) is 6.44. The minimum absolute atomic E-state index is 0.203. The van der Waals surface area contributed by atoms with Crippen LogP contribution in [0.5, 0.6) is 0 Å². The molecular weight excluding hydrogens is 214 g/mol. The molecule has 17 heavy (non-hydrogen) atoms. The van der Waals surface area contributed by atoms with Crippen LogP contribution in [-0.4, -0.2) is 33.9 Å². The summed E-state index contributed by atoms with van der Waals surface area (Å²) in [5.74, 6) is 0.393. The molecule has 1 saturated carbocycles. The second-order valence-corrected chi connectivity index (χ2v) is 5.87. The van der Waals surface area contributed by atoms with Crippen molar-refractivity contribution >= 4 is 12.1 Å². The molecule has 1 aliphatic rings. The van der Waals surface area contributed by atoms with Crippen molar-refractivity contribution in [2.45, 2.75) is 58.4 Å². The smallest absolute Gasteiger partial charge is 0.344 e. The second-order valence-electron chi connectivity index (χ2n) is 5.87. The maximum absolute atomic E-state index is 11.9. The van der Waals surface area contributed by atoms with E-state index in [1.165, 1.54) is 32.1 Å². The zero-order valence-corrected chi connectivity index (χ0v) is 11.1. The molecule has 0 aromatic carbocycles. The lowest BCUT2D eigenvalue weighted by atomic mass is 9.88. The Kier molecular flexibility index (Phi) is 4.88. The van der Waals surface area contributed by atoms with E-state index in [4.69, 9.17) is 5.53 Å². The predicted molar refractivity (Wildman–Crippen MR) is 67.7 cm³/mol. The van der Waals surface area contributed by atoms with Crippen molar-refractivity contribution in [3.63, 3.8) is 0 Å². The molecule has 0 saturated heterocycles. The Morgan fingerprint density at radius 2 is 1.94 bits per heavy atom. The van der Waals surface area contributed by atoms with Gasteiger partial charge in [0.1, 0.15) is 0 Å². The topological polar surface area (TPSA) is 56.7 Å². The van der Waals surface area contributed by atoms with Gasteiger partial charge in [0, 0.05) is 12.1 Å². The van der Waals surface area contributed by atoms with Gasteiger partial charge in [-0.05, 0) is 39.5 Å². The lowest BCUT2D eigenvalue weighted by Crippen LogP contribution is -2.48.